The lowest BCUT2D eigenvalue weighted by Gasteiger charge is -2.32. The van der Waals surface area contributed by atoms with Gasteiger partial charge >= 0.3 is 0 Å². The highest BCUT2D eigenvalue weighted by Gasteiger charge is 2.19. The summed E-state index contributed by atoms with van der Waals surface area (Å²) in [6, 6.07) is 10.8. The van der Waals surface area contributed by atoms with Crippen molar-refractivity contribution >= 4 is 10.9 Å². The lowest BCUT2D eigenvalue weighted by atomic mass is 10.1. The summed E-state index contributed by atoms with van der Waals surface area (Å²) < 4.78 is 8.32. The molecule has 1 aromatic carbocycles. The van der Waals surface area contributed by atoms with E-state index in [4.69, 9.17) is 4.74 Å². The van der Waals surface area contributed by atoms with Crippen molar-refractivity contribution in [3.63, 3.8) is 0 Å². The first-order valence-corrected chi connectivity index (χ1v) is 8.74. The molecule has 3 nitrogen and oxygen atoms in total. The van der Waals surface area contributed by atoms with Gasteiger partial charge in [-0.1, -0.05) is 31.5 Å². The van der Waals surface area contributed by atoms with Crippen molar-refractivity contribution in [2.45, 2.75) is 45.3 Å². The van der Waals surface area contributed by atoms with Crippen LogP contribution >= 0.6 is 0 Å². The van der Waals surface area contributed by atoms with Crippen LogP contribution in [0.2, 0.25) is 0 Å². The summed E-state index contributed by atoms with van der Waals surface area (Å²) in [5.74, 6) is 0. The molecule has 1 fully saturated rings. The van der Waals surface area contributed by atoms with Crippen LogP contribution in [0.1, 0.15) is 32.6 Å². The number of likely N-dealkylation sites (tertiary alicyclic amines) is 1. The Kier molecular flexibility index (Phi) is 5.52. The first-order chi connectivity index (χ1) is 10.9. The molecule has 22 heavy (non-hydrogen) atoms. The van der Waals surface area contributed by atoms with Crippen LogP contribution < -0.4 is 0 Å². The van der Waals surface area contributed by atoms with Crippen LogP contribution in [0.15, 0.2) is 36.5 Å². The number of aromatic nitrogens is 1. The van der Waals surface area contributed by atoms with E-state index in [1.165, 1.54) is 49.7 Å². The molecule has 1 aliphatic rings. The molecule has 1 aliphatic heterocycles. The number of fused-ring (bicyclic) bond motifs is 1. The van der Waals surface area contributed by atoms with Gasteiger partial charge in [0.2, 0.25) is 0 Å². The van der Waals surface area contributed by atoms with Crippen LogP contribution in [-0.4, -0.2) is 41.8 Å². The van der Waals surface area contributed by atoms with E-state index in [-0.39, 0.29) is 0 Å². The average molecular weight is 300 g/mol. The quantitative estimate of drug-likeness (QED) is 0.721. The minimum absolute atomic E-state index is 0.496. The maximum absolute atomic E-state index is 5.95. The predicted octanol–water partition coefficient (Wildman–Crippen LogP) is 3.92. The van der Waals surface area contributed by atoms with E-state index in [1.807, 2.05) is 0 Å². The van der Waals surface area contributed by atoms with Gasteiger partial charge in [0, 0.05) is 44.5 Å². The number of benzene rings is 1. The third-order valence-electron chi connectivity index (χ3n) is 4.72. The summed E-state index contributed by atoms with van der Waals surface area (Å²) >= 11 is 0. The minimum atomic E-state index is 0.496. The molecule has 0 spiro atoms. The third kappa shape index (κ3) is 3.90. The Labute approximate surface area is 133 Å². The van der Waals surface area contributed by atoms with E-state index < -0.39 is 0 Å². The van der Waals surface area contributed by atoms with Gasteiger partial charge in [-0.05, 0) is 36.8 Å². The lowest BCUT2D eigenvalue weighted by Crippen LogP contribution is -2.38. The Balaban J connectivity index is 1.43. The molecule has 2 aromatic rings. The molecule has 3 heteroatoms. The Hall–Kier alpha value is -1.32. The first kappa shape index (κ1) is 15.6. The SMILES string of the molecule is CCCCOC1CCN(CCn2ccc3ccccc32)CC1. The van der Waals surface area contributed by atoms with Gasteiger partial charge in [0.05, 0.1) is 6.10 Å². The number of hydrogen-bond donors (Lipinski definition) is 0. The highest BCUT2D eigenvalue weighted by molar-refractivity contribution is 5.79. The van der Waals surface area contributed by atoms with Crippen LogP contribution in [0.5, 0.6) is 0 Å². The fourth-order valence-electron chi connectivity index (χ4n) is 3.28. The van der Waals surface area contributed by atoms with E-state index in [2.05, 4.69) is 52.9 Å². The number of piperidine rings is 1. The average Bonchev–Trinajstić information content (AvgIpc) is 2.98. The topological polar surface area (TPSA) is 17.4 Å². The zero-order valence-corrected chi connectivity index (χ0v) is 13.7. The highest BCUT2D eigenvalue weighted by atomic mass is 16.5. The monoisotopic (exact) mass is 300 g/mol. The molecule has 0 unspecified atom stereocenters. The highest BCUT2D eigenvalue weighted by Crippen LogP contribution is 2.17. The molecule has 0 bridgehead atoms. The maximum atomic E-state index is 5.95. The molecule has 1 saturated heterocycles. The van der Waals surface area contributed by atoms with Gasteiger partial charge in [-0.2, -0.15) is 0 Å². The summed E-state index contributed by atoms with van der Waals surface area (Å²) in [5.41, 5.74) is 1.35. The Morgan fingerprint density at radius 2 is 1.91 bits per heavy atom. The first-order valence-electron chi connectivity index (χ1n) is 8.74. The number of para-hydroxylation sites is 1. The largest absolute Gasteiger partial charge is 0.378 e. The van der Waals surface area contributed by atoms with Gasteiger partial charge < -0.3 is 14.2 Å². The number of hydrogen-bond acceptors (Lipinski definition) is 2. The standard InChI is InChI=1S/C19H28N2O/c1-2-3-16-22-18-9-11-20(12-10-18)14-15-21-13-8-17-6-4-5-7-19(17)21/h4-8,13,18H,2-3,9-12,14-16H2,1H3. The Morgan fingerprint density at radius 3 is 2.73 bits per heavy atom. The zero-order valence-electron chi connectivity index (χ0n) is 13.7. The van der Waals surface area contributed by atoms with E-state index in [9.17, 15) is 0 Å². The van der Waals surface area contributed by atoms with Crippen molar-refractivity contribution in [2.75, 3.05) is 26.2 Å². The molecule has 0 aliphatic carbocycles. The molecule has 0 N–H and O–H groups in total. The van der Waals surface area contributed by atoms with Gasteiger partial charge in [0.25, 0.3) is 0 Å². The van der Waals surface area contributed by atoms with Crippen LogP contribution in [0.4, 0.5) is 0 Å². The predicted molar refractivity (Wildman–Crippen MR) is 92.3 cm³/mol. The molecule has 0 atom stereocenters. The van der Waals surface area contributed by atoms with Crippen molar-refractivity contribution in [1.29, 1.82) is 0 Å². The number of unbranched alkanes of at least 4 members (excludes halogenated alkanes) is 1. The molecule has 0 radical (unpaired) electrons. The fourth-order valence-corrected chi connectivity index (χ4v) is 3.28. The molecular weight excluding hydrogens is 272 g/mol. The third-order valence-corrected chi connectivity index (χ3v) is 4.72. The van der Waals surface area contributed by atoms with Gasteiger partial charge in [-0.25, -0.2) is 0 Å². The fraction of sp³-hybridized carbons (Fsp3) is 0.579. The van der Waals surface area contributed by atoms with Crippen molar-refractivity contribution in [3.05, 3.63) is 36.5 Å². The van der Waals surface area contributed by atoms with Crippen molar-refractivity contribution < 1.29 is 4.74 Å². The molecule has 0 amide bonds. The lowest BCUT2D eigenvalue weighted by molar-refractivity contribution is 0.00589. The molecule has 1 aromatic heterocycles. The smallest absolute Gasteiger partial charge is 0.0599 e. The van der Waals surface area contributed by atoms with Gasteiger partial charge in [-0.3, -0.25) is 0 Å². The van der Waals surface area contributed by atoms with E-state index in [1.54, 1.807) is 0 Å². The van der Waals surface area contributed by atoms with Gasteiger partial charge in [-0.15, -0.1) is 0 Å². The van der Waals surface area contributed by atoms with Gasteiger partial charge in [0.1, 0.15) is 0 Å². The van der Waals surface area contributed by atoms with Crippen molar-refractivity contribution in [1.82, 2.24) is 9.47 Å². The van der Waals surface area contributed by atoms with Crippen LogP contribution in [-0.2, 0) is 11.3 Å². The van der Waals surface area contributed by atoms with Crippen LogP contribution in [0.25, 0.3) is 10.9 Å². The molecule has 0 saturated carbocycles. The normalized spacial score (nSPS) is 17.3. The minimum Gasteiger partial charge on any atom is -0.378 e. The number of rotatable bonds is 7. The van der Waals surface area contributed by atoms with Crippen LogP contribution in [0.3, 0.4) is 0 Å². The molecule has 2 heterocycles. The molecular formula is C19H28N2O. The second kappa shape index (κ2) is 7.80. The molecule has 120 valence electrons. The second-order valence-electron chi connectivity index (χ2n) is 6.33. The Bertz CT molecular complexity index is 570. The summed E-state index contributed by atoms with van der Waals surface area (Å²) in [6.45, 7) is 7.73. The van der Waals surface area contributed by atoms with Crippen molar-refractivity contribution in [2.24, 2.45) is 0 Å². The summed E-state index contributed by atoms with van der Waals surface area (Å²) in [7, 11) is 0. The van der Waals surface area contributed by atoms with E-state index in [0.717, 1.165) is 19.7 Å². The van der Waals surface area contributed by atoms with E-state index in [0.29, 0.717) is 6.10 Å². The number of ether oxygens (including phenoxy) is 1. The van der Waals surface area contributed by atoms with Crippen molar-refractivity contribution in [3.8, 4) is 0 Å². The van der Waals surface area contributed by atoms with E-state index >= 15 is 0 Å². The maximum Gasteiger partial charge on any atom is 0.0599 e. The van der Waals surface area contributed by atoms with Gasteiger partial charge in [0.15, 0.2) is 0 Å². The number of nitrogens with zero attached hydrogens (tertiary/aromatic N) is 2. The zero-order chi connectivity index (χ0) is 15.2. The van der Waals surface area contributed by atoms with Crippen LogP contribution in [0, 0.1) is 0 Å². The second-order valence-corrected chi connectivity index (χ2v) is 6.33. The summed E-state index contributed by atoms with van der Waals surface area (Å²) in [4.78, 5) is 2.58. The molecule has 3 rings (SSSR count). The summed E-state index contributed by atoms with van der Waals surface area (Å²) in [6.07, 6.45) is 7.51. The Morgan fingerprint density at radius 1 is 1.09 bits per heavy atom. The summed E-state index contributed by atoms with van der Waals surface area (Å²) in [5, 5.41) is 1.34.